The Morgan fingerprint density at radius 1 is 1.32 bits per heavy atom. The van der Waals surface area contributed by atoms with Crippen LogP contribution in [0.5, 0.6) is 0 Å². The lowest BCUT2D eigenvalue weighted by Gasteiger charge is -2.20. The Bertz CT molecular complexity index is 299. The molecule has 0 spiro atoms. The normalized spacial score (nSPS) is 12.5. The van der Waals surface area contributed by atoms with Gasteiger partial charge in [0.15, 0.2) is 14.3 Å². The molecule has 0 aromatic heterocycles. The number of hydrogen-bond donors (Lipinski definition) is 0. The third-order valence-corrected chi connectivity index (χ3v) is 3.75. The van der Waals surface area contributed by atoms with E-state index in [1.54, 1.807) is 4.90 Å². The van der Waals surface area contributed by atoms with Crippen molar-refractivity contribution in [2.45, 2.75) is 44.9 Å². The summed E-state index contributed by atoms with van der Waals surface area (Å²) in [4.78, 5) is 13.3. The fourth-order valence-electron chi connectivity index (χ4n) is 1.70. The summed E-state index contributed by atoms with van der Waals surface area (Å²) < 4.78 is 25.6. The van der Waals surface area contributed by atoms with Gasteiger partial charge in [0.25, 0.3) is 0 Å². The maximum Gasteiger partial charge on any atom is 0.328 e. The molecule has 7 heteroatoms. The number of carbonyl (C=O) groups excluding carboxylic acids is 1. The van der Waals surface area contributed by atoms with Crippen LogP contribution in [0, 0.1) is 0 Å². The SMILES string of the molecule is C=CC(=O)N(CCC)CCCCCC(OP=O)P=O. The maximum absolute atomic E-state index is 11.5. The third kappa shape index (κ3) is 8.99. The van der Waals surface area contributed by atoms with Gasteiger partial charge in [0.1, 0.15) is 0 Å². The third-order valence-electron chi connectivity index (χ3n) is 2.64. The Kier molecular flexibility index (Phi) is 12.0. The molecule has 0 bridgehead atoms. The first kappa shape index (κ1) is 18.4. The van der Waals surface area contributed by atoms with Crippen molar-refractivity contribution in [2.24, 2.45) is 0 Å². The molecule has 0 heterocycles. The molecule has 0 radical (unpaired) electrons. The fourth-order valence-corrected chi connectivity index (χ4v) is 2.47. The lowest BCUT2D eigenvalue weighted by Crippen LogP contribution is -2.31. The fraction of sp³-hybridized carbons (Fsp3) is 0.750. The van der Waals surface area contributed by atoms with Crippen LogP contribution in [-0.2, 0) is 18.4 Å². The zero-order chi connectivity index (χ0) is 14.5. The Morgan fingerprint density at radius 3 is 2.58 bits per heavy atom. The van der Waals surface area contributed by atoms with Gasteiger partial charge >= 0.3 is 8.69 Å². The van der Waals surface area contributed by atoms with Gasteiger partial charge < -0.3 is 4.90 Å². The quantitative estimate of drug-likeness (QED) is 0.312. The second-order valence-corrected chi connectivity index (χ2v) is 5.27. The zero-order valence-corrected chi connectivity index (χ0v) is 13.1. The van der Waals surface area contributed by atoms with E-state index >= 15 is 0 Å². The first-order chi connectivity index (χ1) is 9.19. The molecular weight excluding hydrogens is 284 g/mol. The molecule has 19 heavy (non-hydrogen) atoms. The molecule has 5 nitrogen and oxygen atoms in total. The minimum absolute atomic E-state index is 0.0358. The Morgan fingerprint density at radius 2 is 2.05 bits per heavy atom. The monoisotopic (exact) mass is 305 g/mol. The van der Waals surface area contributed by atoms with Crippen LogP contribution in [0.2, 0.25) is 0 Å². The standard InChI is InChI=1S/C12H21NO4P2/c1-3-9-13(11(14)4-2)10-7-5-6-8-12(18-15)17-19-16/h4,12H,2-3,5-10H2,1H3. The average Bonchev–Trinajstić information content (AvgIpc) is 2.43. The molecule has 1 atom stereocenters. The van der Waals surface area contributed by atoms with Gasteiger partial charge in [-0.05, 0) is 31.8 Å². The highest BCUT2D eigenvalue weighted by Gasteiger charge is 2.10. The van der Waals surface area contributed by atoms with Crippen molar-refractivity contribution in [1.29, 1.82) is 0 Å². The topological polar surface area (TPSA) is 63.7 Å². The van der Waals surface area contributed by atoms with Crippen molar-refractivity contribution in [3.63, 3.8) is 0 Å². The number of hydrogen-bond acceptors (Lipinski definition) is 4. The summed E-state index contributed by atoms with van der Waals surface area (Å²) in [6, 6.07) is 0. The van der Waals surface area contributed by atoms with E-state index in [0.29, 0.717) is 13.0 Å². The van der Waals surface area contributed by atoms with Crippen LogP contribution >= 0.6 is 17.1 Å². The van der Waals surface area contributed by atoms with Crippen molar-refractivity contribution >= 4 is 23.1 Å². The van der Waals surface area contributed by atoms with E-state index in [1.807, 2.05) is 6.92 Å². The minimum Gasteiger partial charge on any atom is -0.339 e. The summed E-state index contributed by atoms with van der Waals surface area (Å²) >= 11 is 0. The molecule has 0 aliphatic carbocycles. The molecule has 0 rings (SSSR count). The summed E-state index contributed by atoms with van der Waals surface area (Å²) in [5.74, 6) is -0.535. The number of amides is 1. The molecule has 0 N–H and O–H groups in total. The van der Waals surface area contributed by atoms with Crippen molar-refractivity contribution in [3.05, 3.63) is 12.7 Å². The van der Waals surface area contributed by atoms with E-state index in [2.05, 4.69) is 6.58 Å². The van der Waals surface area contributed by atoms with Crippen molar-refractivity contribution in [1.82, 2.24) is 4.90 Å². The molecule has 0 saturated heterocycles. The van der Waals surface area contributed by atoms with E-state index in [0.717, 1.165) is 32.2 Å². The predicted molar refractivity (Wildman–Crippen MR) is 75.6 cm³/mol. The van der Waals surface area contributed by atoms with Crippen molar-refractivity contribution in [2.75, 3.05) is 13.1 Å². The molecule has 0 aromatic rings. The van der Waals surface area contributed by atoms with Crippen LogP contribution in [0.15, 0.2) is 12.7 Å². The highest BCUT2D eigenvalue weighted by molar-refractivity contribution is 7.26. The van der Waals surface area contributed by atoms with E-state index in [4.69, 9.17) is 4.52 Å². The molecule has 0 aliphatic heterocycles. The van der Waals surface area contributed by atoms with E-state index in [-0.39, 0.29) is 14.4 Å². The molecule has 1 amide bonds. The maximum atomic E-state index is 11.5. The summed E-state index contributed by atoms with van der Waals surface area (Å²) in [5.41, 5.74) is 0. The first-order valence-electron chi connectivity index (χ1n) is 6.41. The lowest BCUT2D eigenvalue weighted by molar-refractivity contribution is -0.126. The Hall–Kier alpha value is -0.630. The highest BCUT2D eigenvalue weighted by Crippen LogP contribution is 2.20. The number of carbonyl (C=O) groups is 1. The largest absolute Gasteiger partial charge is 0.339 e. The summed E-state index contributed by atoms with van der Waals surface area (Å²) in [6.45, 7) is 6.97. The van der Waals surface area contributed by atoms with Gasteiger partial charge in [-0.1, -0.05) is 19.9 Å². The van der Waals surface area contributed by atoms with Crippen LogP contribution in [0.3, 0.4) is 0 Å². The van der Waals surface area contributed by atoms with Crippen molar-refractivity contribution in [3.8, 4) is 0 Å². The van der Waals surface area contributed by atoms with E-state index < -0.39 is 14.5 Å². The number of nitrogens with zero attached hydrogens (tertiary/aromatic N) is 1. The van der Waals surface area contributed by atoms with E-state index in [1.165, 1.54) is 6.08 Å². The van der Waals surface area contributed by atoms with Crippen molar-refractivity contribution < 1.29 is 18.4 Å². The molecule has 0 aliphatic rings. The molecular formula is C12H21NO4P2. The van der Waals surface area contributed by atoms with Gasteiger partial charge in [0.05, 0.1) is 0 Å². The van der Waals surface area contributed by atoms with Crippen LogP contribution in [0.1, 0.15) is 39.0 Å². The number of unbranched alkanes of at least 4 members (excludes halogenated alkanes) is 2. The van der Waals surface area contributed by atoms with E-state index in [9.17, 15) is 13.9 Å². The van der Waals surface area contributed by atoms with Crippen LogP contribution < -0.4 is 0 Å². The molecule has 1 unspecified atom stereocenters. The van der Waals surface area contributed by atoms with Gasteiger partial charge in [0, 0.05) is 13.1 Å². The second kappa shape index (κ2) is 12.4. The van der Waals surface area contributed by atoms with Crippen LogP contribution in [-0.4, -0.2) is 29.7 Å². The zero-order valence-electron chi connectivity index (χ0n) is 11.3. The summed E-state index contributed by atoms with van der Waals surface area (Å²) in [6.07, 6.45) is 5.49. The smallest absolute Gasteiger partial charge is 0.328 e. The molecule has 0 aromatic carbocycles. The van der Waals surface area contributed by atoms with Gasteiger partial charge in [-0.2, -0.15) is 0 Å². The van der Waals surface area contributed by atoms with Gasteiger partial charge in [-0.15, -0.1) is 0 Å². The molecule has 0 fully saturated rings. The van der Waals surface area contributed by atoms with Crippen LogP contribution in [0.25, 0.3) is 0 Å². The van der Waals surface area contributed by atoms with Crippen LogP contribution in [0.4, 0.5) is 0 Å². The van der Waals surface area contributed by atoms with Gasteiger partial charge in [0.2, 0.25) is 5.91 Å². The number of rotatable bonds is 12. The highest BCUT2D eigenvalue weighted by atomic mass is 31.1. The lowest BCUT2D eigenvalue weighted by atomic mass is 10.2. The molecule has 108 valence electrons. The predicted octanol–water partition coefficient (Wildman–Crippen LogP) is 3.81. The first-order valence-corrected chi connectivity index (χ1v) is 8.03. The van der Waals surface area contributed by atoms with Gasteiger partial charge in [-0.3, -0.25) is 13.9 Å². The molecule has 0 saturated carbocycles. The summed E-state index contributed by atoms with van der Waals surface area (Å²) in [7, 11) is -0.578. The second-order valence-electron chi connectivity index (χ2n) is 4.12. The minimum atomic E-state index is -0.499. The van der Waals surface area contributed by atoms with Gasteiger partial charge in [-0.25, -0.2) is 4.57 Å². The average molecular weight is 305 g/mol. The summed E-state index contributed by atoms with van der Waals surface area (Å²) in [5, 5.41) is 0. The Labute approximate surface area is 117 Å². The Balaban J connectivity index is 3.81.